The lowest BCUT2D eigenvalue weighted by molar-refractivity contribution is -0.129. The zero-order valence-corrected chi connectivity index (χ0v) is 13.1. The Bertz CT molecular complexity index is 459. The summed E-state index contributed by atoms with van der Waals surface area (Å²) in [5, 5.41) is 0. The van der Waals surface area contributed by atoms with Crippen molar-refractivity contribution >= 4 is 33.8 Å². The van der Waals surface area contributed by atoms with Crippen LogP contribution in [0.15, 0.2) is 22.7 Å². The number of benzene rings is 1. The van der Waals surface area contributed by atoms with Crippen LogP contribution in [0.4, 0.5) is 5.69 Å². The molecular formula is C14H19BrN2O2. The molecular weight excluding hydrogens is 308 g/mol. The third-order valence-electron chi connectivity index (χ3n) is 3.01. The second kappa shape index (κ2) is 7.28. The number of carbonyl (C=O) groups excluding carboxylic acids is 2. The molecule has 4 nitrogen and oxygen atoms in total. The number of hydrogen-bond donors (Lipinski definition) is 0. The molecule has 0 radical (unpaired) electrons. The molecule has 0 aliphatic heterocycles. The van der Waals surface area contributed by atoms with Gasteiger partial charge < -0.3 is 9.80 Å². The van der Waals surface area contributed by atoms with E-state index in [1.807, 2.05) is 31.9 Å². The summed E-state index contributed by atoms with van der Waals surface area (Å²) in [5.41, 5.74) is 1.50. The molecule has 0 spiro atoms. The summed E-state index contributed by atoms with van der Waals surface area (Å²) >= 11 is 3.42. The van der Waals surface area contributed by atoms with Gasteiger partial charge in [-0.15, -0.1) is 0 Å². The molecule has 0 aliphatic rings. The second-order valence-electron chi connectivity index (χ2n) is 4.25. The van der Waals surface area contributed by atoms with Crippen LogP contribution in [0, 0.1) is 0 Å². The van der Waals surface area contributed by atoms with E-state index in [1.54, 1.807) is 17.0 Å². The monoisotopic (exact) mass is 326 g/mol. The number of likely N-dealkylation sites (N-methyl/N-ethyl adjacent to an activating group) is 2. The fourth-order valence-electron chi connectivity index (χ4n) is 1.87. The Balaban J connectivity index is 2.80. The molecule has 1 aromatic rings. The molecule has 1 aromatic carbocycles. The number of anilines is 1. The van der Waals surface area contributed by atoms with E-state index in [0.717, 1.165) is 16.4 Å². The number of hydrogen-bond acceptors (Lipinski definition) is 3. The first kappa shape index (κ1) is 15.7. The zero-order chi connectivity index (χ0) is 14.4. The van der Waals surface area contributed by atoms with Gasteiger partial charge in [0, 0.05) is 30.2 Å². The lowest BCUT2D eigenvalue weighted by Gasteiger charge is -2.25. The maximum absolute atomic E-state index is 12.0. The first-order valence-corrected chi connectivity index (χ1v) is 7.06. The smallest absolute Gasteiger partial charge is 0.242 e. The molecule has 0 saturated heterocycles. The Hall–Kier alpha value is -1.36. The molecule has 0 aromatic heterocycles. The highest BCUT2D eigenvalue weighted by Crippen LogP contribution is 2.26. The van der Waals surface area contributed by atoms with Gasteiger partial charge in [-0.2, -0.15) is 0 Å². The maximum Gasteiger partial charge on any atom is 0.242 e. The van der Waals surface area contributed by atoms with Gasteiger partial charge in [0.05, 0.1) is 12.2 Å². The molecule has 0 heterocycles. The van der Waals surface area contributed by atoms with Gasteiger partial charge in [0.2, 0.25) is 5.91 Å². The van der Waals surface area contributed by atoms with E-state index in [2.05, 4.69) is 15.9 Å². The van der Waals surface area contributed by atoms with Crippen molar-refractivity contribution in [1.82, 2.24) is 4.90 Å². The largest absolute Gasteiger partial charge is 0.364 e. The third-order valence-corrected chi connectivity index (χ3v) is 3.64. The van der Waals surface area contributed by atoms with Crippen molar-refractivity contribution in [2.45, 2.75) is 13.8 Å². The van der Waals surface area contributed by atoms with Crippen molar-refractivity contribution in [3.63, 3.8) is 0 Å². The number of halogens is 1. The van der Waals surface area contributed by atoms with E-state index in [1.165, 1.54) is 0 Å². The molecule has 0 fully saturated rings. The van der Waals surface area contributed by atoms with Crippen molar-refractivity contribution in [2.75, 3.05) is 31.6 Å². The number of amides is 1. The highest BCUT2D eigenvalue weighted by Gasteiger charge is 2.14. The minimum atomic E-state index is 0.0962. The van der Waals surface area contributed by atoms with E-state index in [9.17, 15) is 9.59 Å². The van der Waals surface area contributed by atoms with Crippen LogP contribution in [0.3, 0.4) is 0 Å². The van der Waals surface area contributed by atoms with Crippen LogP contribution in [0.2, 0.25) is 0 Å². The molecule has 0 bridgehead atoms. The van der Waals surface area contributed by atoms with Gasteiger partial charge >= 0.3 is 0 Å². The molecule has 104 valence electrons. The number of rotatable bonds is 6. The molecule has 1 amide bonds. The maximum atomic E-state index is 12.0. The highest BCUT2D eigenvalue weighted by atomic mass is 79.9. The normalized spacial score (nSPS) is 10.1. The van der Waals surface area contributed by atoms with Gasteiger partial charge in [0.15, 0.2) is 0 Å². The van der Waals surface area contributed by atoms with Gasteiger partial charge in [0.25, 0.3) is 0 Å². The summed E-state index contributed by atoms with van der Waals surface area (Å²) in [4.78, 5) is 26.4. The predicted octanol–water partition coefficient (Wildman–Crippen LogP) is 2.57. The van der Waals surface area contributed by atoms with Crippen molar-refractivity contribution < 1.29 is 9.59 Å². The molecule has 0 unspecified atom stereocenters. The standard InChI is InChI=1S/C14H19BrN2O2/c1-4-17(5-2)14(19)9-16(3)13-7-6-11(10-18)8-12(13)15/h6-8,10H,4-5,9H2,1-3H3. The van der Waals surface area contributed by atoms with Crippen LogP contribution < -0.4 is 4.90 Å². The first-order chi connectivity index (χ1) is 9.03. The summed E-state index contributed by atoms with van der Waals surface area (Å²) in [7, 11) is 1.86. The summed E-state index contributed by atoms with van der Waals surface area (Å²) < 4.78 is 0.812. The number of aldehydes is 1. The summed E-state index contributed by atoms with van der Waals surface area (Å²) in [5.74, 6) is 0.0962. The lowest BCUT2D eigenvalue weighted by atomic mass is 10.2. The van der Waals surface area contributed by atoms with E-state index in [-0.39, 0.29) is 5.91 Å². The summed E-state index contributed by atoms with van der Waals surface area (Å²) in [6.07, 6.45) is 0.801. The van der Waals surface area contributed by atoms with Gasteiger partial charge in [-0.05, 0) is 48.0 Å². The van der Waals surface area contributed by atoms with Crippen LogP contribution in [-0.4, -0.2) is 43.8 Å². The Labute approximate surface area is 122 Å². The van der Waals surface area contributed by atoms with Crippen molar-refractivity contribution in [3.05, 3.63) is 28.2 Å². The van der Waals surface area contributed by atoms with Crippen molar-refractivity contribution in [1.29, 1.82) is 0 Å². The minimum Gasteiger partial charge on any atom is -0.364 e. The van der Waals surface area contributed by atoms with E-state index in [4.69, 9.17) is 0 Å². The van der Waals surface area contributed by atoms with Gasteiger partial charge in [-0.25, -0.2) is 0 Å². The predicted molar refractivity (Wildman–Crippen MR) is 80.7 cm³/mol. The molecule has 19 heavy (non-hydrogen) atoms. The Morgan fingerprint density at radius 2 is 1.95 bits per heavy atom. The molecule has 5 heteroatoms. The zero-order valence-electron chi connectivity index (χ0n) is 11.5. The number of nitrogens with zero attached hydrogens (tertiary/aromatic N) is 2. The van der Waals surface area contributed by atoms with Crippen LogP contribution >= 0.6 is 15.9 Å². The lowest BCUT2D eigenvalue weighted by Crippen LogP contribution is -2.38. The molecule has 0 atom stereocenters. The average Bonchev–Trinajstić information content (AvgIpc) is 2.39. The second-order valence-corrected chi connectivity index (χ2v) is 5.11. The Kier molecular flexibility index (Phi) is 6.02. The van der Waals surface area contributed by atoms with Gasteiger partial charge in [0.1, 0.15) is 6.29 Å². The Morgan fingerprint density at radius 1 is 1.32 bits per heavy atom. The van der Waals surface area contributed by atoms with Crippen LogP contribution in [-0.2, 0) is 4.79 Å². The highest BCUT2D eigenvalue weighted by molar-refractivity contribution is 9.10. The van der Waals surface area contributed by atoms with Crippen LogP contribution in [0.25, 0.3) is 0 Å². The van der Waals surface area contributed by atoms with E-state index < -0.39 is 0 Å². The topological polar surface area (TPSA) is 40.6 Å². The van der Waals surface area contributed by atoms with Crippen LogP contribution in [0.5, 0.6) is 0 Å². The summed E-state index contributed by atoms with van der Waals surface area (Å²) in [6, 6.07) is 5.33. The average molecular weight is 327 g/mol. The van der Waals surface area contributed by atoms with Gasteiger partial charge in [-0.3, -0.25) is 9.59 Å². The molecule has 0 saturated carbocycles. The quantitative estimate of drug-likeness (QED) is 0.754. The fourth-order valence-corrected chi connectivity index (χ4v) is 2.57. The SMILES string of the molecule is CCN(CC)C(=O)CN(C)c1ccc(C=O)cc1Br. The van der Waals surface area contributed by atoms with E-state index in [0.29, 0.717) is 25.2 Å². The van der Waals surface area contributed by atoms with Crippen LogP contribution in [0.1, 0.15) is 24.2 Å². The van der Waals surface area contributed by atoms with Gasteiger partial charge in [-0.1, -0.05) is 0 Å². The summed E-state index contributed by atoms with van der Waals surface area (Å²) in [6.45, 7) is 5.69. The molecule has 0 aliphatic carbocycles. The number of carbonyl (C=O) groups is 2. The minimum absolute atomic E-state index is 0.0962. The molecule has 0 N–H and O–H groups in total. The van der Waals surface area contributed by atoms with E-state index >= 15 is 0 Å². The Morgan fingerprint density at radius 3 is 2.42 bits per heavy atom. The van der Waals surface area contributed by atoms with Crippen molar-refractivity contribution in [3.8, 4) is 0 Å². The first-order valence-electron chi connectivity index (χ1n) is 6.27. The fraction of sp³-hybridized carbons (Fsp3) is 0.429. The third kappa shape index (κ3) is 4.06. The van der Waals surface area contributed by atoms with Crippen molar-refractivity contribution in [2.24, 2.45) is 0 Å². The molecule has 1 rings (SSSR count).